The number of hydrogen-bond donors (Lipinski definition) is 1. The summed E-state index contributed by atoms with van der Waals surface area (Å²) in [6.07, 6.45) is 0. The maximum atomic E-state index is 12.3. The van der Waals surface area contributed by atoms with Gasteiger partial charge in [-0.25, -0.2) is 0 Å². The third-order valence-electron chi connectivity index (χ3n) is 4.06. The van der Waals surface area contributed by atoms with E-state index in [-0.39, 0.29) is 18.7 Å². The number of benzene rings is 2. The number of halogens is 2. The number of anilines is 1. The van der Waals surface area contributed by atoms with Crippen LogP contribution in [0.4, 0.5) is 5.69 Å². The lowest BCUT2D eigenvalue weighted by atomic mass is 9.88. The Kier molecular flexibility index (Phi) is 3.37. The second-order valence-electron chi connectivity index (χ2n) is 5.38. The Morgan fingerprint density at radius 3 is 2.65 bits per heavy atom. The van der Waals surface area contributed by atoms with Gasteiger partial charge in [0.1, 0.15) is 6.04 Å². The first-order valence-electron chi connectivity index (χ1n) is 6.99. The fourth-order valence-corrected chi connectivity index (χ4v) is 3.43. The average Bonchev–Trinajstić information content (AvgIpc) is 3.00. The number of nitrogens with zero attached hydrogens (tertiary/aromatic N) is 1. The molecule has 0 bridgehead atoms. The highest BCUT2D eigenvalue weighted by molar-refractivity contribution is 6.35. The summed E-state index contributed by atoms with van der Waals surface area (Å²) < 4.78 is 10.7. The SMILES string of the molecule is NC1C(=O)N(c2ccc3c(c2)OCO3)C1c1ccc(Cl)cc1Cl. The molecule has 2 unspecified atom stereocenters. The molecule has 1 fully saturated rings. The number of ether oxygens (including phenoxy) is 2. The number of β-lactam (4-membered cyclic amide) rings is 1. The molecule has 1 saturated heterocycles. The second kappa shape index (κ2) is 5.30. The molecule has 7 heteroatoms. The first kappa shape index (κ1) is 14.6. The molecular formula is C16H12Cl2N2O3. The highest BCUT2D eigenvalue weighted by atomic mass is 35.5. The van der Waals surface area contributed by atoms with E-state index in [2.05, 4.69) is 0 Å². The Morgan fingerprint density at radius 2 is 1.87 bits per heavy atom. The number of carbonyl (C=O) groups is 1. The van der Waals surface area contributed by atoms with Gasteiger partial charge in [0, 0.05) is 21.8 Å². The second-order valence-corrected chi connectivity index (χ2v) is 6.23. The van der Waals surface area contributed by atoms with Gasteiger partial charge < -0.3 is 20.1 Å². The molecule has 0 radical (unpaired) electrons. The van der Waals surface area contributed by atoms with Crippen LogP contribution >= 0.6 is 23.2 Å². The lowest BCUT2D eigenvalue weighted by Gasteiger charge is -2.45. The van der Waals surface area contributed by atoms with Crippen LogP contribution in [-0.4, -0.2) is 18.7 Å². The quantitative estimate of drug-likeness (QED) is 0.845. The maximum absolute atomic E-state index is 12.3. The number of rotatable bonds is 2. The number of fused-ring (bicyclic) bond motifs is 1. The van der Waals surface area contributed by atoms with Gasteiger partial charge in [-0.05, 0) is 29.8 Å². The van der Waals surface area contributed by atoms with Gasteiger partial charge in [-0.2, -0.15) is 0 Å². The molecule has 1 amide bonds. The molecule has 4 rings (SSSR count). The van der Waals surface area contributed by atoms with Crippen LogP contribution in [0.2, 0.25) is 10.0 Å². The lowest BCUT2D eigenvalue weighted by molar-refractivity contribution is -0.126. The van der Waals surface area contributed by atoms with Crippen LogP contribution in [0, 0.1) is 0 Å². The smallest absolute Gasteiger partial charge is 0.247 e. The van der Waals surface area contributed by atoms with Crippen LogP contribution in [0.5, 0.6) is 11.5 Å². The van der Waals surface area contributed by atoms with Crippen LogP contribution in [0.1, 0.15) is 11.6 Å². The van der Waals surface area contributed by atoms with Crippen LogP contribution < -0.4 is 20.1 Å². The molecule has 2 aromatic carbocycles. The van der Waals surface area contributed by atoms with Crippen LogP contribution in [0.15, 0.2) is 36.4 Å². The molecule has 5 nitrogen and oxygen atoms in total. The molecule has 2 aromatic rings. The predicted octanol–water partition coefficient (Wildman–Crippen LogP) is 3.14. The Hall–Kier alpha value is -1.95. The normalized spacial score (nSPS) is 22.2. The van der Waals surface area contributed by atoms with Gasteiger partial charge in [-0.3, -0.25) is 4.79 Å². The first-order valence-corrected chi connectivity index (χ1v) is 7.75. The van der Waals surface area contributed by atoms with E-state index in [4.69, 9.17) is 38.4 Å². The zero-order chi connectivity index (χ0) is 16.1. The standard InChI is InChI=1S/C16H12Cl2N2O3/c17-8-1-3-10(11(18)5-8)15-14(19)16(21)20(15)9-2-4-12-13(6-9)23-7-22-12/h1-6,14-15H,7,19H2. The van der Waals surface area contributed by atoms with Gasteiger partial charge in [0.25, 0.3) is 0 Å². The fourth-order valence-electron chi connectivity index (χ4n) is 2.91. The van der Waals surface area contributed by atoms with Crippen LogP contribution in [0.25, 0.3) is 0 Å². The Morgan fingerprint density at radius 1 is 1.09 bits per heavy atom. The molecule has 0 aromatic heterocycles. The molecule has 0 aliphatic carbocycles. The topological polar surface area (TPSA) is 64.8 Å². The van der Waals surface area contributed by atoms with E-state index >= 15 is 0 Å². The van der Waals surface area contributed by atoms with Crippen molar-refractivity contribution in [1.82, 2.24) is 0 Å². The van der Waals surface area contributed by atoms with Gasteiger partial charge in [-0.1, -0.05) is 29.3 Å². The average molecular weight is 351 g/mol. The van der Waals surface area contributed by atoms with Gasteiger partial charge in [0.05, 0.1) is 6.04 Å². The van der Waals surface area contributed by atoms with Crippen molar-refractivity contribution in [2.45, 2.75) is 12.1 Å². The summed E-state index contributed by atoms with van der Waals surface area (Å²) >= 11 is 12.2. The molecule has 2 atom stereocenters. The molecule has 0 spiro atoms. The van der Waals surface area contributed by atoms with Crippen molar-refractivity contribution in [1.29, 1.82) is 0 Å². The van der Waals surface area contributed by atoms with E-state index < -0.39 is 6.04 Å². The third kappa shape index (κ3) is 2.24. The maximum Gasteiger partial charge on any atom is 0.247 e. The van der Waals surface area contributed by atoms with Gasteiger partial charge in [0.15, 0.2) is 11.5 Å². The van der Waals surface area contributed by atoms with Crippen LogP contribution in [-0.2, 0) is 4.79 Å². The summed E-state index contributed by atoms with van der Waals surface area (Å²) in [5.74, 6) is 1.10. The lowest BCUT2D eigenvalue weighted by Crippen LogP contribution is -2.63. The van der Waals surface area contributed by atoms with Crippen molar-refractivity contribution >= 4 is 34.8 Å². The monoisotopic (exact) mass is 350 g/mol. The number of hydrogen-bond acceptors (Lipinski definition) is 4. The minimum Gasteiger partial charge on any atom is -0.454 e. The summed E-state index contributed by atoms with van der Waals surface area (Å²) in [6.45, 7) is 0.179. The van der Waals surface area contributed by atoms with E-state index in [1.165, 1.54) is 0 Å². The first-order chi connectivity index (χ1) is 11.1. The van der Waals surface area contributed by atoms with E-state index in [9.17, 15) is 4.79 Å². The van der Waals surface area contributed by atoms with Gasteiger partial charge in [-0.15, -0.1) is 0 Å². The number of carbonyl (C=O) groups excluding carboxylic acids is 1. The van der Waals surface area contributed by atoms with E-state index in [0.29, 0.717) is 27.2 Å². The summed E-state index contributed by atoms with van der Waals surface area (Å²) in [5.41, 5.74) is 7.46. The Bertz CT molecular complexity index is 812. The molecular weight excluding hydrogens is 339 g/mol. The fraction of sp³-hybridized carbons (Fsp3) is 0.188. The van der Waals surface area contributed by atoms with Crippen molar-refractivity contribution < 1.29 is 14.3 Å². The number of nitrogens with two attached hydrogens (primary N) is 1. The highest BCUT2D eigenvalue weighted by Gasteiger charge is 2.47. The third-order valence-corrected chi connectivity index (χ3v) is 4.62. The molecule has 23 heavy (non-hydrogen) atoms. The van der Waals surface area contributed by atoms with Gasteiger partial charge in [0.2, 0.25) is 12.7 Å². The van der Waals surface area contributed by atoms with E-state index in [1.54, 1.807) is 41.3 Å². The van der Waals surface area contributed by atoms with Gasteiger partial charge >= 0.3 is 0 Å². The Labute approximate surface area is 142 Å². The zero-order valence-corrected chi connectivity index (χ0v) is 13.3. The van der Waals surface area contributed by atoms with Crippen molar-refractivity contribution in [3.8, 4) is 11.5 Å². The van der Waals surface area contributed by atoms with Crippen molar-refractivity contribution in [3.63, 3.8) is 0 Å². The molecule has 2 heterocycles. The molecule has 0 saturated carbocycles. The van der Waals surface area contributed by atoms with E-state index in [1.807, 2.05) is 0 Å². The Balaban J connectivity index is 1.73. The highest BCUT2D eigenvalue weighted by Crippen LogP contribution is 2.44. The van der Waals surface area contributed by atoms with Crippen molar-refractivity contribution in [2.24, 2.45) is 5.73 Å². The largest absolute Gasteiger partial charge is 0.454 e. The summed E-state index contributed by atoms with van der Waals surface area (Å²) in [4.78, 5) is 13.9. The minimum absolute atomic E-state index is 0.167. The molecule has 2 aliphatic heterocycles. The van der Waals surface area contributed by atoms with Crippen molar-refractivity contribution in [3.05, 3.63) is 52.0 Å². The predicted molar refractivity (Wildman–Crippen MR) is 87.2 cm³/mol. The number of amides is 1. The molecule has 118 valence electrons. The van der Waals surface area contributed by atoms with E-state index in [0.717, 1.165) is 5.56 Å². The molecule has 2 N–H and O–H groups in total. The summed E-state index contributed by atoms with van der Waals surface area (Å²) in [7, 11) is 0. The summed E-state index contributed by atoms with van der Waals surface area (Å²) in [5, 5.41) is 1.02. The zero-order valence-electron chi connectivity index (χ0n) is 11.8. The molecule has 2 aliphatic rings. The van der Waals surface area contributed by atoms with Crippen LogP contribution in [0.3, 0.4) is 0 Å². The summed E-state index contributed by atoms with van der Waals surface area (Å²) in [6, 6.07) is 9.53. The van der Waals surface area contributed by atoms with Crippen molar-refractivity contribution in [2.75, 3.05) is 11.7 Å². The minimum atomic E-state index is -0.640.